The highest BCUT2D eigenvalue weighted by molar-refractivity contribution is 7.98. The van der Waals surface area contributed by atoms with Crippen LogP contribution in [0.1, 0.15) is 20.7 Å². The third kappa shape index (κ3) is 5.99. The standard InChI is InChI=1S/C26H20FN3O2S/c27-19-12-14-22(15-13-19)33-30-25(31)18-11-16-24(28-20-7-3-1-4-8-20)23(17-18)26(32)29-21-9-5-2-6-10-21/h1-17,28H,(H,29,32)(H,30,31). The van der Waals surface area contributed by atoms with Gasteiger partial charge in [0.15, 0.2) is 0 Å². The Bertz CT molecular complexity index is 1250. The van der Waals surface area contributed by atoms with E-state index in [-0.39, 0.29) is 17.6 Å². The van der Waals surface area contributed by atoms with Crippen molar-refractivity contribution in [1.29, 1.82) is 0 Å². The second-order valence-electron chi connectivity index (χ2n) is 7.06. The lowest BCUT2D eigenvalue weighted by molar-refractivity contribution is 0.0984. The molecule has 0 spiro atoms. The summed E-state index contributed by atoms with van der Waals surface area (Å²) in [5.74, 6) is -1.06. The monoisotopic (exact) mass is 457 g/mol. The minimum Gasteiger partial charge on any atom is -0.355 e. The van der Waals surface area contributed by atoms with E-state index in [0.29, 0.717) is 27.4 Å². The maximum absolute atomic E-state index is 13.1. The molecular weight excluding hydrogens is 437 g/mol. The van der Waals surface area contributed by atoms with Gasteiger partial charge in [-0.15, -0.1) is 0 Å². The Hall–Kier alpha value is -4.10. The summed E-state index contributed by atoms with van der Waals surface area (Å²) in [6.07, 6.45) is 0. The largest absolute Gasteiger partial charge is 0.355 e. The fourth-order valence-corrected chi connectivity index (χ4v) is 3.65. The summed E-state index contributed by atoms with van der Waals surface area (Å²) < 4.78 is 15.8. The molecule has 2 amide bonds. The molecule has 4 aromatic carbocycles. The number of para-hydroxylation sites is 2. The first-order valence-corrected chi connectivity index (χ1v) is 11.0. The van der Waals surface area contributed by atoms with Crippen LogP contribution in [-0.4, -0.2) is 11.8 Å². The van der Waals surface area contributed by atoms with Crippen LogP contribution in [0.4, 0.5) is 21.5 Å². The molecule has 0 aliphatic heterocycles. The van der Waals surface area contributed by atoms with Crippen LogP contribution in [0.15, 0.2) is 108 Å². The van der Waals surface area contributed by atoms with Crippen molar-refractivity contribution in [1.82, 2.24) is 4.72 Å². The number of hydrogen-bond acceptors (Lipinski definition) is 4. The molecule has 0 bridgehead atoms. The maximum atomic E-state index is 13.1. The van der Waals surface area contributed by atoms with Gasteiger partial charge in [0.1, 0.15) is 5.82 Å². The average Bonchev–Trinajstić information content (AvgIpc) is 2.85. The van der Waals surface area contributed by atoms with Crippen molar-refractivity contribution >= 4 is 40.8 Å². The molecule has 0 saturated heterocycles. The molecule has 0 saturated carbocycles. The number of hydrogen-bond donors (Lipinski definition) is 3. The third-order valence-electron chi connectivity index (χ3n) is 4.69. The van der Waals surface area contributed by atoms with Crippen LogP contribution in [0.25, 0.3) is 0 Å². The number of anilines is 3. The maximum Gasteiger partial charge on any atom is 0.261 e. The highest BCUT2D eigenvalue weighted by Gasteiger charge is 2.16. The number of carbonyl (C=O) groups is 2. The Morgan fingerprint density at radius 1 is 0.697 bits per heavy atom. The molecule has 4 aromatic rings. The van der Waals surface area contributed by atoms with Gasteiger partial charge < -0.3 is 10.6 Å². The van der Waals surface area contributed by atoms with Gasteiger partial charge in [-0.2, -0.15) is 0 Å². The number of carbonyl (C=O) groups excluding carboxylic acids is 2. The molecule has 164 valence electrons. The molecule has 0 aromatic heterocycles. The van der Waals surface area contributed by atoms with E-state index in [4.69, 9.17) is 0 Å². The van der Waals surface area contributed by atoms with Gasteiger partial charge in [-0.3, -0.25) is 14.3 Å². The van der Waals surface area contributed by atoms with Crippen molar-refractivity contribution in [3.05, 3.63) is 120 Å². The minimum absolute atomic E-state index is 0.321. The second-order valence-corrected chi connectivity index (χ2v) is 7.94. The molecule has 0 aliphatic rings. The zero-order chi connectivity index (χ0) is 23.0. The molecule has 0 aliphatic carbocycles. The summed E-state index contributed by atoms with van der Waals surface area (Å²) >= 11 is 1.07. The Morgan fingerprint density at radius 2 is 1.33 bits per heavy atom. The van der Waals surface area contributed by atoms with E-state index in [0.717, 1.165) is 17.6 Å². The molecule has 0 heterocycles. The van der Waals surface area contributed by atoms with E-state index < -0.39 is 0 Å². The summed E-state index contributed by atoms with van der Waals surface area (Å²) in [7, 11) is 0. The minimum atomic E-state index is -0.371. The molecule has 0 radical (unpaired) electrons. The predicted molar refractivity (Wildman–Crippen MR) is 130 cm³/mol. The quantitative estimate of drug-likeness (QED) is 0.287. The summed E-state index contributed by atoms with van der Waals surface area (Å²) in [5, 5.41) is 6.10. The molecule has 0 fully saturated rings. The summed E-state index contributed by atoms with van der Waals surface area (Å²) in [4.78, 5) is 26.5. The lowest BCUT2D eigenvalue weighted by Gasteiger charge is -2.14. The molecular formula is C26H20FN3O2S. The normalized spacial score (nSPS) is 10.3. The number of rotatable bonds is 7. The molecule has 5 nitrogen and oxygen atoms in total. The van der Waals surface area contributed by atoms with E-state index >= 15 is 0 Å². The van der Waals surface area contributed by atoms with Crippen molar-refractivity contribution in [2.24, 2.45) is 0 Å². The predicted octanol–water partition coefficient (Wildman–Crippen LogP) is 6.26. The van der Waals surface area contributed by atoms with E-state index in [1.807, 2.05) is 48.5 Å². The van der Waals surface area contributed by atoms with Crippen molar-refractivity contribution in [2.45, 2.75) is 4.90 Å². The lowest BCUT2D eigenvalue weighted by Crippen LogP contribution is -2.19. The van der Waals surface area contributed by atoms with Crippen LogP contribution in [0.3, 0.4) is 0 Å². The number of benzene rings is 4. The SMILES string of the molecule is O=C(NSc1ccc(F)cc1)c1ccc(Nc2ccccc2)c(C(=O)Nc2ccccc2)c1. The van der Waals surface area contributed by atoms with Crippen LogP contribution in [0, 0.1) is 5.82 Å². The Balaban J connectivity index is 1.57. The topological polar surface area (TPSA) is 70.2 Å². The van der Waals surface area contributed by atoms with Crippen molar-refractivity contribution in [2.75, 3.05) is 10.6 Å². The van der Waals surface area contributed by atoms with Crippen LogP contribution < -0.4 is 15.4 Å². The molecule has 0 atom stereocenters. The van der Waals surface area contributed by atoms with E-state index in [1.54, 1.807) is 42.5 Å². The van der Waals surface area contributed by atoms with Crippen LogP contribution in [0.2, 0.25) is 0 Å². The van der Waals surface area contributed by atoms with Gasteiger partial charge in [-0.05, 0) is 78.7 Å². The van der Waals surface area contributed by atoms with Gasteiger partial charge in [0.25, 0.3) is 11.8 Å². The highest BCUT2D eigenvalue weighted by atomic mass is 32.2. The third-order valence-corrected chi connectivity index (χ3v) is 5.48. The molecule has 0 unspecified atom stereocenters. The van der Waals surface area contributed by atoms with Crippen molar-refractivity contribution in [3.63, 3.8) is 0 Å². The summed E-state index contributed by atoms with van der Waals surface area (Å²) in [6.45, 7) is 0. The highest BCUT2D eigenvalue weighted by Crippen LogP contribution is 2.24. The first kappa shape index (κ1) is 22.1. The Labute approximate surface area is 195 Å². The first-order chi connectivity index (χ1) is 16.1. The number of halogens is 1. The molecule has 3 N–H and O–H groups in total. The van der Waals surface area contributed by atoms with Gasteiger partial charge in [0.2, 0.25) is 0 Å². The molecule has 7 heteroatoms. The van der Waals surface area contributed by atoms with E-state index in [9.17, 15) is 14.0 Å². The second kappa shape index (κ2) is 10.5. The summed E-state index contributed by atoms with van der Waals surface area (Å²) in [6, 6.07) is 29.2. The van der Waals surface area contributed by atoms with E-state index in [1.165, 1.54) is 12.1 Å². The fraction of sp³-hybridized carbons (Fsp3) is 0. The average molecular weight is 458 g/mol. The molecule has 33 heavy (non-hydrogen) atoms. The van der Waals surface area contributed by atoms with Crippen molar-refractivity contribution in [3.8, 4) is 0 Å². The van der Waals surface area contributed by atoms with Gasteiger partial charge in [-0.25, -0.2) is 4.39 Å². The van der Waals surface area contributed by atoms with Gasteiger partial charge in [-0.1, -0.05) is 36.4 Å². The van der Waals surface area contributed by atoms with Gasteiger partial charge >= 0.3 is 0 Å². The zero-order valence-electron chi connectivity index (χ0n) is 17.4. The Kier molecular flexibility index (Phi) is 7.02. The fourth-order valence-electron chi connectivity index (χ4n) is 3.05. The van der Waals surface area contributed by atoms with Gasteiger partial charge in [0.05, 0.1) is 11.3 Å². The summed E-state index contributed by atoms with van der Waals surface area (Å²) in [5.41, 5.74) is 2.67. The number of amides is 2. The van der Waals surface area contributed by atoms with Crippen LogP contribution >= 0.6 is 11.9 Å². The van der Waals surface area contributed by atoms with E-state index in [2.05, 4.69) is 15.4 Å². The lowest BCUT2D eigenvalue weighted by atomic mass is 10.1. The Morgan fingerprint density at radius 3 is 2.00 bits per heavy atom. The number of nitrogens with one attached hydrogen (secondary N) is 3. The molecule has 4 rings (SSSR count). The van der Waals surface area contributed by atoms with Gasteiger partial charge in [0, 0.05) is 21.8 Å². The smallest absolute Gasteiger partial charge is 0.261 e. The zero-order valence-corrected chi connectivity index (χ0v) is 18.2. The first-order valence-electron chi connectivity index (χ1n) is 10.1. The van der Waals surface area contributed by atoms with Crippen LogP contribution in [-0.2, 0) is 0 Å². The van der Waals surface area contributed by atoms with Crippen LogP contribution in [0.5, 0.6) is 0 Å². The van der Waals surface area contributed by atoms with Crippen molar-refractivity contribution < 1.29 is 14.0 Å².